The maximum absolute atomic E-state index is 4.18. The summed E-state index contributed by atoms with van der Waals surface area (Å²) in [6.45, 7) is 0. The van der Waals surface area contributed by atoms with Crippen molar-refractivity contribution in [1.82, 2.24) is 15.2 Å². The molecule has 1 saturated carbocycles. The zero-order valence-electron chi connectivity index (χ0n) is 10.3. The van der Waals surface area contributed by atoms with Gasteiger partial charge in [0.15, 0.2) is 11.0 Å². The van der Waals surface area contributed by atoms with Gasteiger partial charge in [-0.1, -0.05) is 36.4 Å². The van der Waals surface area contributed by atoms with Crippen LogP contribution >= 0.6 is 12.6 Å². The quantitative estimate of drug-likeness (QED) is 0.694. The highest BCUT2D eigenvalue weighted by molar-refractivity contribution is 7.80. The smallest absolute Gasteiger partial charge is 0.185 e. The molecule has 4 heteroatoms. The Kier molecular flexibility index (Phi) is 2.38. The minimum Gasteiger partial charge on any atom is -0.316 e. The van der Waals surface area contributed by atoms with E-state index in [1.807, 2.05) is 0 Å². The Morgan fingerprint density at radius 2 is 1.79 bits per heavy atom. The van der Waals surface area contributed by atoms with Crippen LogP contribution in [0.2, 0.25) is 0 Å². The molecule has 94 valence electrons. The minimum absolute atomic E-state index is 0.547. The summed E-state index contributed by atoms with van der Waals surface area (Å²) < 4.78 is 0. The molecule has 0 unspecified atom stereocenters. The Balaban J connectivity index is 1.99. The Bertz CT molecular complexity index is 759. The maximum atomic E-state index is 4.18. The first-order chi connectivity index (χ1) is 9.33. The van der Waals surface area contributed by atoms with E-state index in [4.69, 9.17) is 0 Å². The van der Waals surface area contributed by atoms with E-state index in [1.165, 1.54) is 29.2 Å². The van der Waals surface area contributed by atoms with Gasteiger partial charge in [-0.05, 0) is 35.1 Å². The molecule has 0 radical (unpaired) electrons. The van der Waals surface area contributed by atoms with E-state index in [2.05, 4.69) is 64.2 Å². The number of thiol groups is 1. The first kappa shape index (κ1) is 11.1. The number of aromatic amines is 1. The molecule has 0 bridgehead atoms. The molecule has 0 aliphatic heterocycles. The summed E-state index contributed by atoms with van der Waals surface area (Å²) in [5.41, 5.74) is 2.55. The lowest BCUT2D eigenvalue weighted by Gasteiger charge is -2.08. The van der Waals surface area contributed by atoms with E-state index in [-0.39, 0.29) is 0 Å². The second-order valence-electron chi connectivity index (χ2n) is 5.02. The van der Waals surface area contributed by atoms with E-state index in [0.717, 1.165) is 17.3 Å². The van der Waals surface area contributed by atoms with Crippen LogP contribution in [0.3, 0.4) is 0 Å². The number of hydrogen-bond acceptors (Lipinski definition) is 3. The molecule has 0 amide bonds. The van der Waals surface area contributed by atoms with Crippen molar-refractivity contribution in [1.29, 1.82) is 0 Å². The van der Waals surface area contributed by atoms with Crippen LogP contribution in [-0.4, -0.2) is 15.2 Å². The monoisotopic (exact) mass is 267 g/mol. The number of rotatable bonds is 2. The van der Waals surface area contributed by atoms with Crippen LogP contribution in [0.5, 0.6) is 0 Å². The van der Waals surface area contributed by atoms with Crippen LogP contribution < -0.4 is 0 Å². The van der Waals surface area contributed by atoms with Crippen LogP contribution in [0, 0.1) is 0 Å². The maximum Gasteiger partial charge on any atom is 0.185 e. The zero-order chi connectivity index (χ0) is 12.8. The van der Waals surface area contributed by atoms with Gasteiger partial charge in [-0.15, -0.1) is 22.8 Å². The minimum atomic E-state index is 0.547. The molecule has 19 heavy (non-hydrogen) atoms. The normalized spacial score (nSPS) is 15.0. The number of hydrogen-bond donors (Lipinski definition) is 2. The first-order valence-electron chi connectivity index (χ1n) is 6.46. The number of fused-ring (bicyclic) bond motifs is 1. The summed E-state index contributed by atoms with van der Waals surface area (Å²) in [6, 6.07) is 12.9. The lowest BCUT2D eigenvalue weighted by Crippen LogP contribution is -1.88. The molecule has 0 saturated heterocycles. The van der Waals surface area contributed by atoms with Crippen LogP contribution in [0.15, 0.2) is 41.6 Å². The summed E-state index contributed by atoms with van der Waals surface area (Å²) >= 11 is 4.18. The number of aromatic nitrogens is 3. The second-order valence-corrected chi connectivity index (χ2v) is 5.44. The first-order valence-corrected chi connectivity index (χ1v) is 6.91. The molecule has 1 aliphatic rings. The van der Waals surface area contributed by atoms with E-state index in [0.29, 0.717) is 5.16 Å². The van der Waals surface area contributed by atoms with Crippen molar-refractivity contribution in [2.24, 2.45) is 0 Å². The van der Waals surface area contributed by atoms with Crippen LogP contribution in [0.4, 0.5) is 0 Å². The average molecular weight is 267 g/mol. The van der Waals surface area contributed by atoms with Crippen molar-refractivity contribution in [2.75, 3.05) is 0 Å². The Morgan fingerprint density at radius 3 is 2.47 bits per heavy atom. The van der Waals surface area contributed by atoms with Crippen molar-refractivity contribution in [3.05, 3.63) is 42.0 Å². The third-order valence-corrected chi connectivity index (χ3v) is 3.91. The molecule has 0 atom stereocenters. The van der Waals surface area contributed by atoms with Crippen molar-refractivity contribution >= 4 is 23.4 Å². The highest BCUT2D eigenvalue weighted by Crippen LogP contribution is 2.44. The van der Waals surface area contributed by atoms with Gasteiger partial charge in [0.05, 0.1) is 0 Å². The number of nitrogens with zero attached hydrogens (tertiary/aromatic N) is 2. The van der Waals surface area contributed by atoms with Gasteiger partial charge in [-0.3, -0.25) is 0 Å². The zero-order valence-corrected chi connectivity index (χ0v) is 11.2. The highest BCUT2D eigenvalue weighted by Gasteiger charge is 2.25. The summed E-state index contributed by atoms with van der Waals surface area (Å²) in [5.74, 6) is 1.53. The van der Waals surface area contributed by atoms with Gasteiger partial charge in [0.25, 0.3) is 0 Å². The summed E-state index contributed by atoms with van der Waals surface area (Å²) in [5, 5.41) is 11.2. The molecule has 1 heterocycles. The van der Waals surface area contributed by atoms with E-state index >= 15 is 0 Å². The summed E-state index contributed by atoms with van der Waals surface area (Å²) in [7, 11) is 0. The Hall–Kier alpha value is -1.81. The third-order valence-electron chi connectivity index (χ3n) is 3.71. The fraction of sp³-hybridized carbons (Fsp3) is 0.200. The fourth-order valence-corrected chi connectivity index (χ4v) is 2.80. The molecule has 3 nitrogen and oxygen atoms in total. The van der Waals surface area contributed by atoms with Crippen LogP contribution in [0.1, 0.15) is 24.3 Å². The fourth-order valence-electron chi connectivity index (χ4n) is 2.65. The van der Waals surface area contributed by atoms with E-state index in [1.54, 1.807) is 0 Å². The number of benzene rings is 2. The average Bonchev–Trinajstić information content (AvgIpc) is 3.20. The van der Waals surface area contributed by atoms with Gasteiger partial charge in [-0.2, -0.15) is 0 Å². The van der Waals surface area contributed by atoms with Gasteiger partial charge in [0.2, 0.25) is 0 Å². The van der Waals surface area contributed by atoms with Crippen molar-refractivity contribution in [3.63, 3.8) is 0 Å². The van der Waals surface area contributed by atoms with Crippen LogP contribution in [-0.2, 0) is 0 Å². The lowest BCUT2D eigenvalue weighted by atomic mass is 9.97. The molecular formula is C15H13N3S. The molecule has 0 spiro atoms. The van der Waals surface area contributed by atoms with Gasteiger partial charge >= 0.3 is 0 Å². The molecular weight excluding hydrogens is 254 g/mol. The van der Waals surface area contributed by atoms with Gasteiger partial charge < -0.3 is 4.98 Å². The lowest BCUT2D eigenvalue weighted by molar-refractivity contribution is 0.980. The van der Waals surface area contributed by atoms with E-state index < -0.39 is 0 Å². The van der Waals surface area contributed by atoms with Gasteiger partial charge in [0.1, 0.15) is 0 Å². The number of H-pyrrole nitrogens is 1. The van der Waals surface area contributed by atoms with E-state index in [9.17, 15) is 0 Å². The summed E-state index contributed by atoms with van der Waals surface area (Å²) in [4.78, 5) is 3.09. The largest absolute Gasteiger partial charge is 0.316 e. The van der Waals surface area contributed by atoms with Crippen molar-refractivity contribution in [2.45, 2.75) is 23.9 Å². The van der Waals surface area contributed by atoms with Crippen molar-refractivity contribution < 1.29 is 0 Å². The Labute approximate surface area is 116 Å². The Morgan fingerprint density at radius 1 is 1.00 bits per heavy atom. The number of nitrogens with one attached hydrogen (secondary N) is 1. The molecule has 3 aromatic rings. The molecule has 4 rings (SSSR count). The third kappa shape index (κ3) is 1.83. The summed E-state index contributed by atoms with van der Waals surface area (Å²) in [6.07, 6.45) is 2.62. The van der Waals surface area contributed by atoms with Crippen LogP contribution in [0.25, 0.3) is 22.2 Å². The molecule has 1 aromatic heterocycles. The molecule has 1 aliphatic carbocycles. The SMILES string of the molecule is Sc1nnc(-c2ccc(C3CC3)c3ccccc23)[nH]1. The molecule has 2 aromatic carbocycles. The predicted octanol–water partition coefficient (Wildman–Crippen LogP) is 3.79. The van der Waals surface area contributed by atoms with Gasteiger partial charge in [-0.25, -0.2) is 0 Å². The van der Waals surface area contributed by atoms with Gasteiger partial charge in [0, 0.05) is 5.56 Å². The van der Waals surface area contributed by atoms with Crippen molar-refractivity contribution in [3.8, 4) is 11.4 Å². The predicted molar refractivity (Wildman–Crippen MR) is 78.6 cm³/mol. The second kappa shape index (κ2) is 4.10. The molecule has 1 N–H and O–H groups in total. The highest BCUT2D eigenvalue weighted by atomic mass is 32.1. The topological polar surface area (TPSA) is 41.6 Å². The molecule has 1 fully saturated rings. The standard InChI is InChI=1S/C15H13N3S/c19-15-16-14(17-18-15)13-8-7-10(9-5-6-9)11-3-1-2-4-12(11)13/h1-4,7-9H,5-6H2,(H2,16,17,18,19).